The predicted molar refractivity (Wildman–Crippen MR) is 107 cm³/mol. The molecule has 1 fully saturated rings. The molecule has 0 saturated carbocycles. The topological polar surface area (TPSA) is 67.6 Å². The fourth-order valence-corrected chi connectivity index (χ4v) is 3.42. The van der Waals surface area contributed by atoms with E-state index in [9.17, 15) is 4.79 Å². The smallest absolute Gasteiger partial charge is 0.255 e. The molecule has 0 aliphatic carbocycles. The van der Waals surface area contributed by atoms with E-state index in [1.165, 1.54) is 19.3 Å². The molecule has 5 nitrogen and oxygen atoms in total. The van der Waals surface area contributed by atoms with Gasteiger partial charge in [-0.25, -0.2) is 0 Å². The minimum absolute atomic E-state index is 0.161. The van der Waals surface area contributed by atoms with Gasteiger partial charge in [-0.1, -0.05) is 0 Å². The summed E-state index contributed by atoms with van der Waals surface area (Å²) in [5.74, 6) is 0.597. The lowest BCUT2D eigenvalue weighted by Gasteiger charge is -2.36. The second-order valence-corrected chi connectivity index (χ2v) is 6.72. The van der Waals surface area contributed by atoms with Gasteiger partial charge in [0.25, 0.3) is 5.91 Å². The van der Waals surface area contributed by atoms with Crippen LogP contribution in [0.25, 0.3) is 0 Å². The first-order valence-corrected chi connectivity index (χ1v) is 9.29. The molecule has 1 aliphatic rings. The minimum Gasteiger partial charge on any atom is -0.494 e. The second kappa shape index (κ2) is 8.13. The van der Waals surface area contributed by atoms with Gasteiger partial charge in [0.15, 0.2) is 0 Å². The van der Waals surface area contributed by atoms with Gasteiger partial charge in [-0.2, -0.15) is 0 Å². The normalized spacial score (nSPS) is 17.0. The third kappa shape index (κ3) is 4.10. The summed E-state index contributed by atoms with van der Waals surface area (Å²) in [6.45, 7) is 5.80. The zero-order chi connectivity index (χ0) is 18.5. The molecule has 0 spiro atoms. The molecule has 0 bridgehead atoms. The van der Waals surface area contributed by atoms with Crippen molar-refractivity contribution in [2.24, 2.45) is 0 Å². The first kappa shape index (κ1) is 18.1. The average Bonchev–Trinajstić information content (AvgIpc) is 2.64. The van der Waals surface area contributed by atoms with Gasteiger partial charge in [0, 0.05) is 23.8 Å². The molecule has 1 amide bonds. The van der Waals surface area contributed by atoms with Gasteiger partial charge in [-0.05, 0) is 75.6 Å². The molecule has 3 N–H and O–H groups in total. The zero-order valence-electron chi connectivity index (χ0n) is 15.5. The number of carbonyl (C=O) groups excluding carboxylic acids is 1. The van der Waals surface area contributed by atoms with E-state index in [1.54, 1.807) is 24.3 Å². The maximum absolute atomic E-state index is 12.4. The Morgan fingerprint density at radius 1 is 1.23 bits per heavy atom. The zero-order valence-corrected chi connectivity index (χ0v) is 15.5. The Balaban J connectivity index is 1.70. The number of piperidine rings is 1. The number of nitrogen functional groups attached to an aromatic ring is 1. The fourth-order valence-electron chi connectivity index (χ4n) is 3.42. The maximum Gasteiger partial charge on any atom is 0.255 e. The van der Waals surface area contributed by atoms with Crippen molar-refractivity contribution in [2.45, 2.75) is 39.2 Å². The van der Waals surface area contributed by atoms with Crippen LogP contribution >= 0.6 is 0 Å². The van der Waals surface area contributed by atoms with E-state index in [0.29, 0.717) is 29.6 Å². The van der Waals surface area contributed by atoms with Crippen molar-refractivity contribution in [1.82, 2.24) is 0 Å². The van der Waals surface area contributed by atoms with Crippen molar-refractivity contribution in [3.05, 3.63) is 48.0 Å². The number of anilines is 3. The summed E-state index contributed by atoms with van der Waals surface area (Å²) >= 11 is 0. The van der Waals surface area contributed by atoms with Crippen LogP contribution in [0.5, 0.6) is 5.75 Å². The number of rotatable bonds is 5. The monoisotopic (exact) mass is 353 g/mol. The Kier molecular flexibility index (Phi) is 5.66. The van der Waals surface area contributed by atoms with Crippen molar-refractivity contribution < 1.29 is 9.53 Å². The number of carbonyl (C=O) groups is 1. The van der Waals surface area contributed by atoms with Crippen LogP contribution in [-0.2, 0) is 0 Å². The minimum atomic E-state index is -0.161. The van der Waals surface area contributed by atoms with E-state index in [2.05, 4.69) is 17.1 Å². The Hall–Kier alpha value is -2.69. The molecule has 26 heavy (non-hydrogen) atoms. The number of nitrogens with zero attached hydrogens (tertiary/aromatic N) is 1. The Bertz CT molecular complexity index is 758. The van der Waals surface area contributed by atoms with Gasteiger partial charge in [0.05, 0.1) is 18.0 Å². The summed E-state index contributed by atoms with van der Waals surface area (Å²) in [5, 5.41) is 2.91. The highest BCUT2D eigenvalue weighted by Gasteiger charge is 2.20. The van der Waals surface area contributed by atoms with Crippen LogP contribution in [0.4, 0.5) is 17.1 Å². The SMILES string of the molecule is CCOc1ccc(C(=O)Nc2ccc(N3CCCC[C@H]3C)c(N)c2)cc1. The fraction of sp³-hybridized carbons (Fsp3) is 0.381. The Labute approximate surface area is 155 Å². The Morgan fingerprint density at radius 3 is 2.65 bits per heavy atom. The second-order valence-electron chi connectivity index (χ2n) is 6.72. The van der Waals surface area contributed by atoms with Crippen LogP contribution in [0.1, 0.15) is 43.5 Å². The third-order valence-corrected chi connectivity index (χ3v) is 4.83. The molecule has 0 unspecified atom stereocenters. The molecular formula is C21H27N3O2. The van der Waals surface area contributed by atoms with Crippen LogP contribution in [0, 0.1) is 0 Å². The molecule has 5 heteroatoms. The number of nitrogens with one attached hydrogen (secondary N) is 1. The lowest BCUT2D eigenvalue weighted by Crippen LogP contribution is -2.37. The van der Waals surface area contributed by atoms with E-state index in [0.717, 1.165) is 18.0 Å². The van der Waals surface area contributed by atoms with Crippen molar-refractivity contribution in [3.63, 3.8) is 0 Å². The molecule has 2 aromatic carbocycles. The highest BCUT2D eigenvalue weighted by Crippen LogP contribution is 2.31. The lowest BCUT2D eigenvalue weighted by molar-refractivity contribution is 0.102. The number of hydrogen-bond donors (Lipinski definition) is 2. The quantitative estimate of drug-likeness (QED) is 0.787. The molecule has 1 atom stereocenters. The number of amides is 1. The third-order valence-electron chi connectivity index (χ3n) is 4.83. The predicted octanol–water partition coefficient (Wildman–Crippen LogP) is 4.30. The summed E-state index contributed by atoms with van der Waals surface area (Å²) in [6, 6.07) is 13.4. The highest BCUT2D eigenvalue weighted by molar-refractivity contribution is 6.04. The Morgan fingerprint density at radius 2 is 2.00 bits per heavy atom. The van der Waals surface area contributed by atoms with Crippen LogP contribution < -0.4 is 20.7 Å². The molecule has 1 saturated heterocycles. The van der Waals surface area contributed by atoms with Crippen molar-refractivity contribution in [2.75, 3.05) is 29.1 Å². The molecule has 2 aromatic rings. The molecule has 0 radical (unpaired) electrons. The summed E-state index contributed by atoms with van der Waals surface area (Å²) in [4.78, 5) is 14.8. The molecule has 3 rings (SSSR count). The molecule has 1 heterocycles. The van der Waals surface area contributed by atoms with Gasteiger partial charge in [-0.3, -0.25) is 4.79 Å². The lowest BCUT2D eigenvalue weighted by atomic mass is 10.0. The van der Waals surface area contributed by atoms with Gasteiger partial charge in [-0.15, -0.1) is 0 Å². The summed E-state index contributed by atoms with van der Waals surface area (Å²) in [6.07, 6.45) is 3.66. The molecule has 0 aromatic heterocycles. The first-order chi connectivity index (χ1) is 12.6. The van der Waals surface area contributed by atoms with E-state index in [1.807, 2.05) is 25.1 Å². The molecule has 1 aliphatic heterocycles. The standard InChI is InChI=1S/C21H27N3O2/c1-3-26-18-10-7-16(8-11-18)21(25)23-17-9-12-20(19(22)14-17)24-13-5-4-6-15(24)2/h7-12,14-15H,3-6,13,22H2,1-2H3,(H,23,25)/t15-/m1/s1. The van der Waals surface area contributed by atoms with Gasteiger partial charge < -0.3 is 20.7 Å². The van der Waals surface area contributed by atoms with Crippen molar-refractivity contribution in [1.29, 1.82) is 0 Å². The number of ether oxygens (including phenoxy) is 1. The van der Waals surface area contributed by atoms with Crippen molar-refractivity contribution >= 4 is 23.0 Å². The van der Waals surface area contributed by atoms with Crippen LogP contribution in [-0.4, -0.2) is 25.1 Å². The van der Waals surface area contributed by atoms with E-state index in [-0.39, 0.29) is 5.91 Å². The van der Waals surface area contributed by atoms with Crippen LogP contribution in [0.3, 0.4) is 0 Å². The van der Waals surface area contributed by atoms with E-state index in [4.69, 9.17) is 10.5 Å². The van der Waals surface area contributed by atoms with Gasteiger partial charge >= 0.3 is 0 Å². The largest absolute Gasteiger partial charge is 0.494 e. The molecular weight excluding hydrogens is 326 g/mol. The number of benzene rings is 2. The van der Waals surface area contributed by atoms with Gasteiger partial charge in [0.1, 0.15) is 5.75 Å². The van der Waals surface area contributed by atoms with Crippen LogP contribution in [0.15, 0.2) is 42.5 Å². The summed E-state index contributed by atoms with van der Waals surface area (Å²) in [7, 11) is 0. The summed E-state index contributed by atoms with van der Waals surface area (Å²) in [5.41, 5.74) is 9.31. The highest BCUT2D eigenvalue weighted by atomic mass is 16.5. The average molecular weight is 353 g/mol. The summed E-state index contributed by atoms with van der Waals surface area (Å²) < 4.78 is 5.40. The van der Waals surface area contributed by atoms with Gasteiger partial charge in [0.2, 0.25) is 0 Å². The molecule has 138 valence electrons. The van der Waals surface area contributed by atoms with E-state index < -0.39 is 0 Å². The first-order valence-electron chi connectivity index (χ1n) is 9.29. The van der Waals surface area contributed by atoms with E-state index >= 15 is 0 Å². The van der Waals surface area contributed by atoms with Crippen LogP contribution in [0.2, 0.25) is 0 Å². The number of nitrogens with two attached hydrogens (primary N) is 1. The number of hydrogen-bond acceptors (Lipinski definition) is 4. The maximum atomic E-state index is 12.4. The van der Waals surface area contributed by atoms with Crippen molar-refractivity contribution in [3.8, 4) is 5.75 Å².